The minimum atomic E-state index is -0.0735. The summed E-state index contributed by atoms with van der Waals surface area (Å²) in [6.45, 7) is 1.97. The van der Waals surface area contributed by atoms with Crippen LogP contribution in [0.3, 0.4) is 0 Å². The Morgan fingerprint density at radius 1 is 1.64 bits per heavy atom. The van der Waals surface area contributed by atoms with Crippen LogP contribution in [0.1, 0.15) is 6.93 Å². The van der Waals surface area contributed by atoms with E-state index in [9.17, 15) is 0 Å². The number of aromatic nitrogens is 2. The zero-order chi connectivity index (χ0) is 8.55. The lowest BCUT2D eigenvalue weighted by atomic mass is 10.2. The average molecular weight is 167 g/mol. The Hall–Kier alpha value is -1.16. The Morgan fingerprint density at radius 2 is 2.55 bits per heavy atom. The molecular weight excluding hydrogens is 160 g/mol. The van der Waals surface area contributed by atoms with Crippen molar-refractivity contribution in [2.45, 2.75) is 6.92 Å². The molecule has 0 N–H and O–H groups in total. The van der Waals surface area contributed by atoms with E-state index in [-0.39, 0.29) is 6.30 Å². The first-order valence-corrected chi connectivity index (χ1v) is 4.05. The van der Waals surface area contributed by atoms with Gasteiger partial charge in [0.1, 0.15) is 1.37 Å². The maximum atomic E-state index is 7.08. The largest absolute Gasteiger partial charge is 0.334 e. The highest BCUT2D eigenvalue weighted by Gasteiger charge is 2.06. The standard InChI is InChI=1S/C7H6N2OS/c1-5-2-11-3-6(5)7-8-4-9-10-7/h2-4H,1H3/i4D. The molecule has 0 unspecified atom stereocenters. The Morgan fingerprint density at radius 3 is 3.09 bits per heavy atom. The number of hydrogen-bond donors (Lipinski definition) is 0. The molecular formula is C7H6N2OS. The Kier molecular flexibility index (Phi) is 1.23. The van der Waals surface area contributed by atoms with Crippen LogP contribution in [0.4, 0.5) is 0 Å². The fourth-order valence-electron chi connectivity index (χ4n) is 0.839. The van der Waals surface area contributed by atoms with E-state index in [2.05, 4.69) is 10.1 Å². The van der Waals surface area contributed by atoms with Crippen LogP contribution in [0.15, 0.2) is 21.6 Å². The van der Waals surface area contributed by atoms with E-state index in [0.717, 1.165) is 11.1 Å². The van der Waals surface area contributed by atoms with Gasteiger partial charge in [0.05, 0.1) is 5.56 Å². The second-order valence-corrected chi connectivity index (χ2v) is 2.91. The molecule has 0 saturated heterocycles. The molecule has 0 aliphatic carbocycles. The van der Waals surface area contributed by atoms with Gasteiger partial charge in [-0.1, -0.05) is 5.16 Å². The molecule has 2 aromatic rings. The third-order valence-electron chi connectivity index (χ3n) is 1.41. The number of nitrogens with zero attached hydrogens (tertiary/aromatic N) is 2. The highest BCUT2D eigenvalue weighted by Crippen LogP contribution is 2.23. The van der Waals surface area contributed by atoms with E-state index in [1.165, 1.54) is 0 Å². The van der Waals surface area contributed by atoms with Crippen molar-refractivity contribution >= 4 is 11.3 Å². The highest BCUT2D eigenvalue weighted by molar-refractivity contribution is 7.08. The molecule has 2 aromatic heterocycles. The van der Waals surface area contributed by atoms with Gasteiger partial charge in [-0.05, 0) is 17.9 Å². The van der Waals surface area contributed by atoms with E-state index in [0.29, 0.717) is 5.89 Å². The van der Waals surface area contributed by atoms with Gasteiger partial charge < -0.3 is 4.52 Å². The van der Waals surface area contributed by atoms with Gasteiger partial charge in [0.25, 0.3) is 5.89 Å². The lowest BCUT2D eigenvalue weighted by molar-refractivity contribution is 0.430. The SMILES string of the molecule is [2H]c1noc(-c2cscc2C)n1. The monoisotopic (exact) mass is 167 g/mol. The Bertz CT molecular complexity index is 396. The molecule has 3 nitrogen and oxygen atoms in total. The summed E-state index contributed by atoms with van der Waals surface area (Å²) < 4.78 is 11.9. The van der Waals surface area contributed by atoms with Crippen LogP contribution in [0.2, 0.25) is 0 Å². The summed E-state index contributed by atoms with van der Waals surface area (Å²) in [7, 11) is 0. The fourth-order valence-corrected chi connectivity index (χ4v) is 1.66. The normalized spacial score (nSPS) is 11.5. The van der Waals surface area contributed by atoms with E-state index in [1.54, 1.807) is 11.3 Å². The summed E-state index contributed by atoms with van der Waals surface area (Å²) in [6.07, 6.45) is -0.0735. The van der Waals surface area contributed by atoms with Crippen LogP contribution in [0.5, 0.6) is 0 Å². The van der Waals surface area contributed by atoms with Gasteiger partial charge in [-0.15, -0.1) is 0 Å². The molecule has 2 rings (SSSR count). The van der Waals surface area contributed by atoms with Crippen LogP contribution < -0.4 is 0 Å². The Labute approximate surface area is 69.1 Å². The van der Waals surface area contributed by atoms with E-state index < -0.39 is 0 Å². The van der Waals surface area contributed by atoms with Crippen molar-refractivity contribution in [2.24, 2.45) is 0 Å². The minimum Gasteiger partial charge on any atom is -0.334 e. The summed E-state index contributed by atoms with van der Waals surface area (Å²) in [6, 6.07) is 0. The molecule has 56 valence electrons. The number of hydrogen-bond acceptors (Lipinski definition) is 4. The molecule has 0 aliphatic rings. The molecule has 0 bridgehead atoms. The summed E-state index contributed by atoms with van der Waals surface area (Å²) in [5.74, 6) is 0.429. The van der Waals surface area contributed by atoms with Gasteiger partial charge >= 0.3 is 0 Å². The predicted molar refractivity (Wildman–Crippen MR) is 42.3 cm³/mol. The summed E-state index contributed by atoms with van der Waals surface area (Å²) >= 11 is 1.58. The maximum absolute atomic E-state index is 7.08. The van der Waals surface area contributed by atoms with Crippen molar-refractivity contribution in [3.63, 3.8) is 0 Å². The van der Waals surface area contributed by atoms with E-state index in [1.807, 2.05) is 17.7 Å². The molecule has 2 heterocycles. The molecule has 0 spiro atoms. The van der Waals surface area contributed by atoms with Crippen molar-refractivity contribution in [3.8, 4) is 11.5 Å². The summed E-state index contributed by atoms with van der Waals surface area (Å²) in [5, 5.41) is 7.33. The smallest absolute Gasteiger partial charge is 0.258 e. The zero-order valence-corrected chi connectivity index (χ0v) is 6.68. The molecule has 0 aliphatic heterocycles. The van der Waals surface area contributed by atoms with Crippen molar-refractivity contribution in [1.82, 2.24) is 10.1 Å². The van der Waals surface area contributed by atoms with Crippen LogP contribution in [0, 0.1) is 6.92 Å². The zero-order valence-electron chi connectivity index (χ0n) is 6.87. The second-order valence-electron chi connectivity index (χ2n) is 2.17. The fraction of sp³-hybridized carbons (Fsp3) is 0.143. The first-order valence-electron chi connectivity index (χ1n) is 3.61. The van der Waals surface area contributed by atoms with Crippen LogP contribution in [-0.2, 0) is 0 Å². The van der Waals surface area contributed by atoms with Gasteiger partial charge in [-0.25, -0.2) is 0 Å². The molecule has 4 heteroatoms. The van der Waals surface area contributed by atoms with Gasteiger partial charge in [-0.3, -0.25) is 0 Å². The van der Waals surface area contributed by atoms with Crippen LogP contribution >= 0.6 is 11.3 Å². The van der Waals surface area contributed by atoms with Gasteiger partial charge in [0.2, 0.25) is 0 Å². The average Bonchev–Trinajstić information content (AvgIpc) is 2.58. The summed E-state index contributed by atoms with van der Waals surface area (Å²) in [4.78, 5) is 3.81. The molecule has 0 amide bonds. The van der Waals surface area contributed by atoms with Crippen molar-refractivity contribution in [1.29, 1.82) is 0 Å². The topological polar surface area (TPSA) is 38.9 Å². The first kappa shape index (κ1) is 5.49. The quantitative estimate of drug-likeness (QED) is 0.653. The third kappa shape index (κ3) is 1.05. The maximum Gasteiger partial charge on any atom is 0.258 e. The van der Waals surface area contributed by atoms with Gasteiger partial charge in [0.15, 0.2) is 6.30 Å². The van der Waals surface area contributed by atoms with Crippen molar-refractivity contribution in [3.05, 3.63) is 22.6 Å². The first-order chi connectivity index (χ1) is 5.77. The Balaban J connectivity index is 2.50. The van der Waals surface area contributed by atoms with Crippen LogP contribution in [-0.4, -0.2) is 10.1 Å². The molecule has 0 fully saturated rings. The molecule has 0 radical (unpaired) electrons. The van der Waals surface area contributed by atoms with Gasteiger partial charge in [0, 0.05) is 5.38 Å². The summed E-state index contributed by atoms with van der Waals surface area (Å²) in [5.41, 5.74) is 2.02. The number of rotatable bonds is 1. The third-order valence-corrected chi connectivity index (χ3v) is 2.27. The van der Waals surface area contributed by atoms with Crippen molar-refractivity contribution < 1.29 is 5.89 Å². The molecule has 0 aromatic carbocycles. The molecule has 0 atom stereocenters. The number of thiophene rings is 1. The molecule has 0 saturated carbocycles. The van der Waals surface area contributed by atoms with Gasteiger partial charge in [-0.2, -0.15) is 16.3 Å². The second kappa shape index (κ2) is 2.47. The number of aryl methyl sites for hydroxylation is 1. The van der Waals surface area contributed by atoms with Crippen LogP contribution in [0.25, 0.3) is 11.5 Å². The predicted octanol–water partition coefficient (Wildman–Crippen LogP) is 2.11. The lowest BCUT2D eigenvalue weighted by Gasteiger charge is -1.87. The minimum absolute atomic E-state index is 0.0735. The lowest BCUT2D eigenvalue weighted by Crippen LogP contribution is -1.74. The molecule has 11 heavy (non-hydrogen) atoms. The van der Waals surface area contributed by atoms with E-state index in [4.69, 9.17) is 5.89 Å². The van der Waals surface area contributed by atoms with E-state index >= 15 is 0 Å². The highest BCUT2D eigenvalue weighted by atomic mass is 32.1. The van der Waals surface area contributed by atoms with Crippen molar-refractivity contribution in [2.75, 3.05) is 0 Å².